The van der Waals surface area contributed by atoms with Crippen LogP contribution in [0, 0.1) is 11.3 Å². The zero-order valence-electron chi connectivity index (χ0n) is 10.6. The number of nitrogens with zero attached hydrogens (tertiary/aromatic N) is 1. The molecule has 0 aliphatic rings. The van der Waals surface area contributed by atoms with Crippen LogP contribution in [-0.2, 0) is 19.0 Å². The number of ether oxygens (including phenoxy) is 3. The maximum atomic E-state index is 11.4. The normalized spacial score (nSPS) is 13.5. The molecule has 5 nitrogen and oxygen atoms in total. The van der Waals surface area contributed by atoms with E-state index in [4.69, 9.17) is 19.5 Å². The van der Waals surface area contributed by atoms with Crippen LogP contribution in [0.2, 0.25) is 0 Å². The highest BCUT2D eigenvalue weighted by molar-refractivity contribution is 5.92. The molecule has 0 saturated heterocycles. The van der Waals surface area contributed by atoms with Crippen LogP contribution in [0.15, 0.2) is 12.2 Å². The quantitative estimate of drug-likeness (QED) is 0.214. The molecular weight excluding hydrogens is 222 g/mol. The summed E-state index contributed by atoms with van der Waals surface area (Å²) in [6, 6.07) is 1.62. The molecule has 0 fully saturated rings. The van der Waals surface area contributed by atoms with Gasteiger partial charge in [-0.1, -0.05) is 19.9 Å². The van der Waals surface area contributed by atoms with Crippen LogP contribution in [0.4, 0.5) is 0 Å². The van der Waals surface area contributed by atoms with E-state index in [2.05, 4.69) is 6.58 Å². The Morgan fingerprint density at radius 3 is 2.53 bits per heavy atom. The molecule has 0 rings (SSSR count). The molecule has 0 N–H and O–H groups in total. The van der Waals surface area contributed by atoms with Crippen molar-refractivity contribution in [1.82, 2.24) is 0 Å². The average Bonchev–Trinajstić information content (AvgIpc) is 2.28. The lowest BCUT2D eigenvalue weighted by atomic mass is 10.3. The van der Waals surface area contributed by atoms with Gasteiger partial charge in [0, 0.05) is 6.92 Å². The molecule has 0 spiro atoms. The van der Waals surface area contributed by atoms with Gasteiger partial charge in [-0.25, -0.2) is 4.79 Å². The molecule has 17 heavy (non-hydrogen) atoms. The first-order chi connectivity index (χ1) is 7.99. The first kappa shape index (κ1) is 15.6. The van der Waals surface area contributed by atoms with E-state index in [-0.39, 0.29) is 5.57 Å². The first-order valence-corrected chi connectivity index (χ1v) is 5.59. The molecule has 0 radical (unpaired) electrons. The third-order valence-corrected chi connectivity index (χ3v) is 1.93. The predicted molar refractivity (Wildman–Crippen MR) is 61.7 cm³/mol. The molecule has 0 aliphatic heterocycles. The smallest absolute Gasteiger partial charge is 0.352 e. The van der Waals surface area contributed by atoms with Gasteiger partial charge in [0.1, 0.15) is 11.6 Å². The molecule has 0 aliphatic carbocycles. The molecule has 1 atom stereocenters. The zero-order chi connectivity index (χ0) is 13.3. The van der Waals surface area contributed by atoms with E-state index in [1.807, 2.05) is 6.92 Å². The number of carbonyl (C=O) groups is 1. The number of esters is 1. The molecule has 0 amide bonds. The number of carbonyl (C=O) groups excluding carboxylic acids is 1. The van der Waals surface area contributed by atoms with Crippen molar-refractivity contribution in [3.8, 4) is 6.07 Å². The second-order valence-corrected chi connectivity index (χ2v) is 3.48. The molecule has 0 bridgehead atoms. The van der Waals surface area contributed by atoms with E-state index in [0.717, 1.165) is 12.8 Å². The fourth-order valence-corrected chi connectivity index (χ4v) is 1.04. The summed E-state index contributed by atoms with van der Waals surface area (Å²) in [5.74, 6) is -2.29. The van der Waals surface area contributed by atoms with Gasteiger partial charge in [0.05, 0.1) is 13.2 Å². The lowest BCUT2D eigenvalue weighted by Gasteiger charge is -2.28. The molecule has 0 aromatic carbocycles. The molecule has 0 aromatic rings. The summed E-state index contributed by atoms with van der Waals surface area (Å²) in [5, 5.41) is 8.51. The minimum Gasteiger partial charge on any atom is -0.404 e. The summed E-state index contributed by atoms with van der Waals surface area (Å²) in [5.41, 5.74) is -0.282. The highest BCUT2D eigenvalue weighted by Gasteiger charge is 2.31. The second kappa shape index (κ2) is 7.82. The van der Waals surface area contributed by atoms with Gasteiger partial charge in [-0.05, 0) is 13.3 Å². The van der Waals surface area contributed by atoms with Crippen LogP contribution >= 0.6 is 0 Å². The van der Waals surface area contributed by atoms with Gasteiger partial charge in [-0.2, -0.15) is 5.26 Å². The minimum absolute atomic E-state index is 0.282. The van der Waals surface area contributed by atoms with Crippen molar-refractivity contribution in [3.05, 3.63) is 12.2 Å². The van der Waals surface area contributed by atoms with E-state index in [0.29, 0.717) is 13.2 Å². The van der Waals surface area contributed by atoms with Gasteiger partial charge in [0.2, 0.25) is 0 Å². The van der Waals surface area contributed by atoms with Crippen molar-refractivity contribution in [1.29, 1.82) is 5.26 Å². The summed E-state index contributed by atoms with van der Waals surface area (Å²) in [6.07, 6.45) is 1.79. The van der Waals surface area contributed by atoms with Crippen molar-refractivity contribution in [3.63, 3.8) is 0 Å². The van der Waals surface area contributed by atoms with Gasteiger partial charge in [-0.3, -0.25) is 0 Å². The maximum Gasteiger partial charge on any atom is 0.352 e. The molecule has 0 heterocycles. The summed E-state index contributed by atoms with van der Waals surface area (Å²) in [7, 11) is 0. The third-order valence-electron chi connectivity index (χ3n) is 1.93. The van der Waals surface area contributed by atoms with Gasteiger partial charge in [0.25, 0.3) is 0 Å². The van der Waals surface area contributed by atoms with E-state index >= 15 is 0 Å². The standard InChI is InChI=1S/C12H19NO4/c1-5-7-8-16-12(4,15-6-2)17-11(14)10(3)9-13/h3,5-8H2,1-2,4H3. The highest BCUT2D eigenvalue weighted by Crippen LogP contribution is 2.17. The number of hydrogen-bond donors (Lipinski definition) is 0. The van der Waals surface area contributed by atoms with Crippen LogP contribution in [0.25, 0.3) is 0 Å². The predicted octanol–water partition coefficient (Wildman–Crippen LogP) is 2.14. The van der Waals surface area contributed by atoms with Crippen LogP contribution < -0.4 is 0 Å². The summed E-state index contributed by atoms with van der Waals surface area (Å²) in [4.78, 5) is 11.4. The zero-order valence-corrected chi connectivity index (χ0v) is 10.6. The lowest BCUT2D eigenvalue weighted by molar-refractivity contribution is -0.349. The fourth-order valence-electron chi connectivity index (χ4n) is 1.04. The average molecular weight is 241 g/mol. The molecule has 0 aromatic heterocycles. The van der Waals surface area contributed by atoms with Crippen LogP contribution in [0.3, 0.4) is 0 Å². The van der Waals surface area contributed by atoms with Crippen molar-refractivity contribution >= 4 is 5.97 Å². The molecule has 0 saturated carbocycles. The molecular formula is C12H19NO4. The second-order valence-electron chi connectivity index (χ2n) is 3.48. The van der Waals surface area contributed by atoms with Crippen molar-refractivity contribution in [2.24, 2.45) is 0 Å². The van der Waals surface area contributed by atoms with E-state index < -0.39 is 11.9 Å². The molecule has 5 heteroatoms. The Balaban J connectivity index is 4.44. The van der Waals surface area contributed by atoms with Crippen molar-refractivity contribution < 1.29 is 19.0 Å². The van der Waals surface area contributed by atoms with Gasteiger partial charge in [0.15, 0.2) is 0 Å². The Kier molecular flexibility index (Phi) is 7.19. The maximum absolute atomic E-state index is 11.4. The van der Waals surface area contributed by atoms with E-state index in [1.165, 1.54) is 6.92 Å². The van der Waals surface area contributed by atoms with E-state index in [1.54, 1.807) is 13.0 Å². The van der Waals surface area contributed by atoms with Crippen molar-refractivity contribution in [2.75, 3.05) is 13.2 Å². The molecule has 96 valence electrons. The SMILES string of the molecule is C=C(C#N)C(=O)OC(C)(OCC)OCCCC. The monoisotopic (exact) mass is 241 g/mol. The number of nitriles is 1. The Morgan fingerprint density at radius 2 is 2.06 bits per heavy atom. The lowest BCUT2D eigenvalue weighted by Crippen LogP contribution is -2.38. The topological polar surface area (TPSA) is 68.6 Å². The summed E-state index contributed by atoms with van der Waals surface area (Å²) < 4.78 is 15.6. The number of rotatable bonds is 8. The van der Waals surface area contributed by atoms with Gasteiger partial charge in [-0.15, -0.1) is 0 Å². The number of hydrogen-bond acceptors (Lipinski definition) is 5. The first-order valence-electron chi connectivity index (χ1n) is 5.59. The molecule has 1 unspecified atom stereocenters. The minimum atomic E-state index is -1.46. The van der Waals surface area contributed by atoms with Crippen LogP contribution in [0.1, 0.15) is 33.6 Å². The van der Waals surface area contributed by atoms with Crippen LogP contribution in [-0.4, -0.2) is 25.2 Å². The number of unbranched alkanes of at least 4 members (excludes halogenated alkanes) is 1. The van der Waals surface area contributed by atoms with Crippen molar-refractivity contribution in [2.45, 2.75) is 39.6 Å². The Bertz CT molecular complexity index is 308. The third kappa shape index (κ3) is 6.05. The Labute approximate surface area is 102 Å². The van der Waals surface area contributed by atoms with Gasteiger partial charge >= 0.3 is 11.9 Å². The highest BCUT2D eigenvalue weighted by atomic mass is 16.9. The van der Waals surface area contributed by atoms with Crippen LogP contribution in [0.5, 0.6) is 0 Å². The largest absolute Gasteiger partial charge is 0.404 e. The fraction of sp³-hybridized carbons (Fsp3) is 0.667. The Hall–Kier alpha value is -1.38. The summed E-state index contributed by atoms with van der Waals surface area (Å²) in [6.45, 7) is 9.28. The summed E-state index contributed by atoms with van der Waals surface area (Å²) >= 11 is 0. The van der Waals surface area contributed by atoms with Gasteiger partial charge < -0.3 is 14.2 Å². The Morgan fingerprint density at radius 1 is 1.41 bits per heavy atom. The van der Waals surface area contributed by atoms with E-state index in [9.17, 15) is 4.79 Å².